The van der Waals surface area contributed by atoms with Gasteiger partial charge in [0, 0.05) is 0 Å². The molecule has 0 saturated heterocycles. The van der Waals surface area contributed by atoms with Gasteiger partial charge in [0.2, 0.25) is 0 Å². The fourth-order valence-corrected chi connectivity index (χ4v) is 11.2. The van der Waals surface area contributed by atoms with Crippen LogP contribution in [0.1, 0.15) is 0 Å². The van der Waals surface area contributed by atoms with E-state index in [0.29, 0.717) is 0 Å². The van der Waals surface area contributed by atoms with Crippen LogP contribution in [0.25, 0.3) is 0 Å². The van der Waals surface area contributed by atoms with Crippen LogP contribution < -0.4 is 0 Å². The molecule has 0 atom stereocenters. The number of halogens is 6. The molecule has 14 heavy (non-hydrogen) atoms. The minimum absolute atomic E-state index is 1.03. The molecule has 0 spiro atoms. The molecule has 80 valence electrons. The molecule has 6 heteroatoms. The second kappa shape index (κ2) is 5.80. The first-order chi connectivity index (χ1) is 6.37. The molecule has 0 amide bonds. The first kappa shape index (κ1) is 14.4. The van der Waals surface area contributed by atoms with Gasteiger partial charge in [-0.05, 0) is 0 Å². The molecule has 1 aromatic rings. The third-order valence-electron chi connectivity index (χ3n) is 1.53. The van der Waals surface area contributed by atoms with Crippen molar-refractivity contribution in [1.82, 2.24) is 0 Å². The van der Waals surface area contributed by atoms with Crippen molar-refractivity contribution in [3.63, 3.8) is 0 Å². The van der Waals surface area contributed by atoms with Crippen molar-refractivity contribution >= 4 is 99.5 Å². The first-order valence-electron chi connectivity index (χ1n) is 3.39. The van der Waals surface area contributed by atoms with Crippen LogP contribution in [-0.4, -0.2) is 9.86 Å². The van der Waals surface area contributed by atoms with Crippen LogP contribution in [0.2, 0.25) is 0 Å². The molecule has 0 radical (unpaired) electrons. The summed E-state index contributed by atoms with van der Waals surface area (Å²) in [5, 5.41) is 0. The summed E-state index contributed by atoms with van der Waals surface area (Å²) in [6.07, 6.45) is 0. The predicted octanol–water partition coefficient (Wildman–Crippen LogP) is 6.43. The van der Waals surface area contributed by atoms with Gasteiger partial charge in [0.25, 0.3) is 0 Å². The molecule has 0 N–H and O–H groups in total. The Bertz CT molecular complexity index is 345. The molecule has 0 aliphatic heterocycles. The predicted molar refractivity (Wildman–Crippen MR) is 89.5 cm³/mol. The van der Waals surface area contributed by atoms with E-state index in [4.69, 9.17) is 0 Å². The second-order valence-electron chi connectivity index (χ2n) is 2.64. The summed E-state index contributed by atoms with van der Waals surface area (Å²) >= 11 is 16.9. The van der Waals surface area contributed by atoms with E-state index >= 15 is 0 Å². The van der Waals surface area contributed by atoms with Gasteiger partial charge in [-0.1, -0.05) is 0 Å². The van der Waals surface area contributed by atoms with Crippen molar-refractivity contribution in [2.24, 2.45) is 0 Å². The number of hydrogen-bond acceptors (Lipinski definition) is 0. The van der Waals surface area contributed by atoms with Crippen molar-refractivity contribution in [2.75, 3.05) is 9.86 Å². The van der Waals surface area contributed by atoms with Crippen molar-refractivity contribution in [1.29, 1.82) is 0 Å². The van der Waals surface area contributed by atoms with Gasteiger partial charge in [-0.25, -0.2) is 0 Å². The van der Waals surface area contributed by atoms with E-state index in [2.05, 4.69) is 89.5 Å². The molecular weight excluding hydrogens is 623 g/mol. The summed E-state index contributed by atoms with van der Waals surface area (Å²) in [5.74, 6) is 0. The van der Waals surface area contributed by atoms with Crippen LogP contribution in [0.3, 0.4) is 0 Å². The molecule has 0 nitrogen and oxygen atoms in total. The Labute approximate surface area is 133 Å². The first-order valence-corrected chi connectivity index (χ1v) is 12.7. The average molecular weight is 629 g/mol. The Hall–Kier alpha value is 2.35. The molecule has 0 aliphatic rings. The van der Waals surface area contributed by atoms with E-state index in [1.807, 2.05) is 0 Å². The normalized spacial score (nSPS) is 11.8. The van der Waals surface area contributed by atoms with Gasteiger partial charge in [-0.15, -0.1) is 0 Å². The van der Waals surface area contributed by atoms with Crippen LogP contribution in [0.4, 0.5) is 0 Å². The molecule has 1 aromatic carbocycles. The van der Waals surface area contributed by atoms with Gasteiger partial charge in [0.05, 0.1) is 0 Å². The van der Waals surface area contributed by atoms with E-state index in [9.17, 15) is 0 Å². The standard InChI is InChI=1S/C8H6Br5I/c1-14(2)8-6(12)4(10)3(9)5(11)7(8)13/h1-2H3. The number of rotatable bonds is 1. The fraction of sp³-hybridized carbons (Fsp3) is 0.250. The number of alkyl halides is 2. The maximum atomic E-state index is 3.63. The molecule has 0 heterocycles. The third kappa shape index (κ3) is 2.78. The summed E-state index contributed by atoms with van der Waals surface area (Å²) in [7, 11) is 0. The molecule has 0 unspecified atom stereocenters. The van der Waals surface area contributed by atoms with Gasteiger partial charge in [0.1, 0.15) is 0 Å². The Kier molecular flexibility index (Phi) is 5.97. The van der Waals surface area contributed by atoms with Crippen molar-refractivity contribution in [2.45, 2.75) is 0 Å². The van der Waals surface area contributed by atoms with Gasteiger partial charge in [-0.2, -0.15) is 0 Å². The van der Waals surface area contributed by atoms with Crippen LogP contribution >= 0.6 is 99.5 Å². The zero-order chi connectivity index (χ0) is 11.0. The van der Waals surface area contributed by atoms with E-state index in [0.717, 1.165) is 22.4 Å². The van der Waals surface area contributed by atoms with Crippen LogP contribution in [0.15, 0.2) is 22.4 Å². The molecule has 0 aromatic heterocycles. The van der Waals surface area contributed by atoms with E-state index < -0.39 is 19.8 Å². The van der Waals surface area contributed by atoms with Crippen LogP contribution in [-0.2, 0) is 0 Å². The second-order valence-corrected chi connectivity index (χ2v) is 12.0. The monoisotopic (exact) mass is 624 g/mol. The maximum absolute atomic E-state index is 3.63. The summed E-state index contributed by atoms with van der Waals surface area (Å²) in [5.41, 5.74) is 0. The molecule has 0 bridgehead atoms. The van der Waals surface area contributed by atoms with Crippen LogP contribution in [0.5, 0.6) is 0 Å². The fourth-order valence-electron chi connectivity index (χ4n) is 0.910. The van der Waals surface area contributed by atoms with Crippen LogP contribution in [0, 0.1) is 3.57 Å². The number of benzene rings is 1. The van der Waals surface area contributed by atoms with Crippen molar-refractivity contribution in [3.8, 4) is 0 Å². The number of hydrogen-bond donors (Lipinski definition) is 0. The molecule has 0 fully saturated rings. The van der Waals surface area contributed by atoms with Crippen molar-refractivity contribution < 1.29 is 0 Å². The molecular formula is C8H6Br5I. The van der Waals surface area contributed by atoms with E-state index in [-0.39, 0.29) is 0 Å². The zero-order valence-electron chi connectivity index (χ0n) is 7.27. The van der Waals surface area contributed by atoms with Gasteiger partial charge in [0.15, 0.2) is 0 Å². The average Bonchev–Trinajstić information content (AvgIpc) is 2.11. The Balaban J connectivity index is 3.60. The quantitative estimate of drug-likeness (QED) is 0.146. The van der Waals surface area contributed by atoms with E-state index in [1.165, 1.54) is 3.57 Å². The summed E-state index contributed by atoms with van der Waals surface area (Å²) in [4.78, 5) is 4.64. The van der Waals surface area contributed by atoms with Gasteiger partial charge in [-0.3, -0.25) is 0 Å². The zero-order valence-corrected chi connectivity index (χ0v) is 17.4. The van der Waals surface area contributed by atoms with E-state index in [1.54, 1.807) is 0 Å². The summed E-state index contributed by atoms with van der Waals surface area (Å²) < 4.78 is 6.93. The Morgan fingerprint density at radius 1 is 0.643 bits per heavy atom. The van der Waals surface area contributed by atoms with Gasteiger partial charge < -0.3 is 0 Å². The topological polar surface area (TPSA) is 0 Å². The summed E-state index contributed by atoms with van der Waals surface area (Å²) in [6.45, 7) is 0. The molecule has 1 rings (SSSR count). The minimum atomic E-state index is -1.03. The summed E-state index contributed by atoms with van der Waals surface area (Å²) in [6, 6.07) is 0. The Morgan fingerprint density at radius 3 is 1.21 bits per heavy atom. The Morgan fingerprint density at radius 2 is 0.929 bits per heavy atom. The third-order valence-corrected chi connectivity index (χ3v) is 12.3. The SMILES string of the molecule is CI(C)c1c(Br)c(Br)c(Br)c(Br)c1Br. The molecule has 0 aliphatic carbocycles. The van der Waals surface area contributed by atoms with Crippen molar-refractivity contribution in [3.05, 3.63) is 25.9 Å². The molecule has 0 saturated carbocycles. The van der Waals surface area contributed by atoms with Gasteiger partial charge >= 0.3 is 135 Å².